The van der Waals surface area contributed by atoms with E-state index in [2.05, 4.69) is 20.6 Å². The van der Waals surface area contributed by atoms with Gasteiger partial charge in [-0.1, -0.05) is 36.9 Å². The van der Waals surface area contributed by atoms with Crippen molar-refractivity contribution in [2.24, 2.45) is 0 Å². The molecule has 0 radical (unpaired) electrons. The van der Waals surface area contributed by atoms with Crippen molar-refractivity contribution < 1.29 is 14.0 Å². The molecule has 7 nitrogen and oxygen atoms in total. The number of rotatable bonds is 7. The third-order valence-corrected chi connectivity index (χ3v) is 5.48. The second kappa shape index (κ2) is 9.09. The van der Waals surface area contributed by atoms with Crippen LogP contribution in [0, 0.1) is 13.8 Å². The summed E-state index contributed by atoms with van der Waals surface area (Å²) in [6.07, 6.45) is 0.861. The number of hydrogen-bond donors (Lipinski definition) is 2. The predicted molar refractivity (Wildman–Crippen MR) is 114 cm³/mol. The van der Waals surface area contributed by atoms with Gasteiger partial charge < -0.3 is 15.1 Å². The summed E-state index contributed by atoms with van der Waals surface area (Å²) in [4.78, 5) is 33.6. The summed E-state index contributed by atoms with van der Waals surface area (Å²) in [5.74, 6) is 0.911. The molecule has 2 heterocycles. The summed E-state index contributed by atoms with van der Waals surface area (Å²) < 4.78 is 5.74. The first kappa shape index (κ1) is 20.9. The number of carbonyl (C=O) groups excluding carboxylic acids is 2. The van der Waals surface area contributed by atoms with E-state index in [1.807, 2.05) is 33.8 Å². The van der Waals surface area contributed by atoms with Crippen LogP contribution < -0.4 is 10.6 Å². The number of furan rings is 1. The number of hydrogen-bond acceptors (Lipinski definition) is 6. The van der Waals surface area contributed by atoms with Crippen molar-refractivity contribution in [1.82, 2.24) is 15.3 Å². The molecule has 2 aromatic heterocycles. The first-order valence-corrected chi connectivity index (χ1v) is 10.4. The molecule has 0 aliphatic rings. The molecule has 1 atom stereocenters. The minimum absolute atomic E-state index is 0.0882. The van der Waals surface area contributed by atoms with E-state index in [1.165, 1.54) is 11.8 Å². The van der Waals surface area contributed by atoms with Crippen LogP contribution in [-0.4, -0.2) is 33.6 Å². The highest BCUT2D eigenvalue weighted by molar-refractivity contribution is 7.99. The van der Waals surface area contributed by atoms with Gasteiger partial charge in [0.2, 0.25) is 11.6 Å². The zero-order chi connectivity index (χ0) is 21.0. The van der Waals surface area contributed by atoms with E-state index in [9.17, 15) is 9.59 Å². The number of amides is 2. The summed E-state index contributed by atoms with van der Waals surface area (Å²) >= 11 is 1.20. The van der Waals surface area contributed by atoms with E-state index in [4.69, 9.17) is 4.42 Å². The molecule has 1 aromatic carbocycles. The molecular weight excluding hydrogens is 388 g/mol. The smallest absolute Gasteiger partial charge is 0.256 e. The maximum absolute atomic E-state index is 12.6. The molecule has 0 saturated heterocycles. The lowest BCUT2D eigenvalue weighted by Crippen LogP contribution is -2.33. The van der Waals surface area contributed by atoms with Gasteiger partial charge in [0.1, 0.15) is 11.6 Å². The quantitative estimate of drug-likeness (QED) is 0.448. The van der Waals surface area contributed by atoms with Crippen LogP contribution in [-0.2, 0) is 4.79 Å². The number of nitrogens with zero attached hydrogens (tertiary/aromatic N) is 2. The zero-order valence-electron chi connectivity index (χ0n) is 16.9. The highest BCUT2D eigenvalue weighted by Crippen LogP contribution is 2.31. The maximum atomic E-state index is 12.6. The molecule has 8 heteroatoms. The number of aromatic nitrogens is 2. The van der Waals surface area contributed by atoms with Crippen LogP contribution in [0.5, 0.6) is 0 Å². The lowest BCUT2D eigenvalue weighted by atomic mass is 10.2. The van der Waals surface area contributed by atoms with Crippen LogP contribution >= 0.6 is 11.8 Å². The van der Waals surface area contributed by atoms with Crippen LogP contribution in [0.1, 0.15) is 41.9 Å². The van der Waals surface area contributed by atoms with Crippen molar-refractivity contribution in [3.8, 4) is 0 Å². The molecule has 29 heavy (non-hydrogen) atoms. The normalized spacial score (nSPS) is 12.0. The fourth-order valence-corrected chi connectivity index (χ4v) is 3.35. The highest BCUT2D eigenvalue weighted by Gasteiger charge is 2.19. The summed E-state index contributed by atoms with van der Waals surface area (Å²) in [7, 11) is 0. The Hall–Kier alpha value is -2.87. The Bertz CT molecular complexity index is 1030. The van der Waals surface area contributed by atoms with E-state index in [0.717, 1.165) is 12.0 Å². The molecule has 152 valence electrons. The van der Waals surface area contributed by atoms with Crippen LogP contribution in [0.4, 0.5) is 5.82 Å². The molecular formula is C21H24N4O3S. The number of benzene rings is 1. The van der Waals surface area contributed by atoms with Gasteiger partial charge >= 0.3 is 0 Å². The van der Waals surface area contributed by atoms with E-state index in [-0.39, 0.29) is 23.6 Å². The summed E-state index contributed by atoms with van der Waals surface area (Å²) in [5.41, 5.74) is 1.79. The summed E-state index contributed by atoms with van der Waals surface area (Å²) in [6.45, 7) is 7.70. The van der Waals surface area contributed by atoms with Crippen LogP contribution in [0.15, 0.2) is 39.9 Å². The first-order valence-electron chi connectivity index (χ1n) is 9.45. The van der Waals surface area contributed by atoms with Gasteiger partial charge in [-0.05, 0) is 39.3 Å². The standard InChI is InChI=1S/C21H24N4O3S/c1-5-12(2)22-16(26)11-29-21-24-18(17-13(3)14(4)28-20(17)25-21)23-19(27)15-9-7-6-8-10-15/h6-10,12H,5,11H2,1-4H3,(H,22,26)(H,23,24,25,27)/t12-/m0/s1. The van der Waals surface area contributed by atoms with E-state index in [0.29, 0.717) is 33.4 Å². The number of aryl methyl sites for hydroxylation is 2. The largest absolute Gasteiger partial charge is 0.443 e. The van der Waals surface area contributed by atoms with Crippen LogP contribution in [0.25, 0.3) is 11.1 Å². The molecule has 0 aliphatic heterocycles. The summed E-state index contributed by atoms with van der Waals surface area (Å²) in [5, 5.41) is 6.81. The SMILES string of the molecule is CC[C@H](C)NC(=O)CSc1nc(NC(=O)c2ccccc2)c2c(C)c(C)oc2n1. The van der Waals surface area contributed by atoms with E-state index < -0.39 is 0 Å². The Kier molecular flexibility index (Phi) is 6.53. The molecule has 0 fully saturated rings. The van der Waals surface area contributed by atoms with Gasteiger partial charge in [0, 0.05) is 17.2 Å². The molecule has 2 N–H and O–H groups in total. The Balaban J connectivity index is 1.87. The van der Waals surface area contributed by atoms with Crippen LogP contribution in [0.3, 0.4) is 0 Å². The maximum Gasteiger partial charge on any atom is 0.256 e. The number of thioether (sulfide) groups is 1. The number of carbonyl (C=O) groups is 2. The summed E-state index contributed by atoms with van der Waals surface area (Å²) in [6, 6.07) is 9.03. The van der Waals surface area contributed by atoms with Gasteiger partial charge in [-0.2, -0.15) is 4.98 Å². The van der Waals surface area contributed by atoms with E-state index in [1.54, 1.807) is 24.3 Å². The van der Waals surface area contributed by atoms with Crippen LogP contribution in [0.2, 0.25) is 0 Å². The van der Waals surface area contributed by atoms with Crippen molar-refractivity contribution in [3.05, 3.63) is 47.2 Å². The fraction of sp³-hybridized carbons (Fsp3) is 0.333. The zero-order valence-corrected chi connectivity index (χ0v) is 17.7. The molecule has 0 aliphatic carbocycles. The van der Waals surface area contributed by atoms with Gasteiger partial charge in [-0.25, -0.2) is 4.98 Å². The minimum atomic E-state index is -0.269. The Morgan fingerprint density at radius 1 is 1.17 bits per heavy atom. The average Bonchev–Trinajstić information content (AvgIpc) is 3.00. The Morgan fingerprint density at radius 2 is 1.90 bits per heavy atom. The molecule has 0 spiro atoms. The monoisotopic (exact) mass is 412 g/mol. The third-order valence-electron chi connectivity index (χ3n) is 4.63. The lowest BCUT2D eigenvalue weighted by molar-refractivity contribution is -0.119. The van der Waals surface area contributed by atoms with Gasteiger partial charge in [-0.3, -0.25) is 9.59 Å². The predicted octanol–water partition coefficient (Wildman–Crippen LogP) is 4.10. The van der Waals surface area contributed by atoms with Gasteiger partial charge in [0.05, 0.1) is 11.1 Å². The lowest BCUT2D eigenvalue weighted by Gasteiger charge is -2.11. The van der Waals surface area contributed by atoms with Gasteiger partial charge in [0.15, 0.2) is 5.16 Å². The van der Waals surface area contributed by atoms with E-state index >= 15 is 0 Å². The number of fused-ring (bicyclic) bond motifs is 1. The van der Waals surface area contributed by atoms with Crippen molar-refractivity contribution >= 4 is 40.5 Å². The van der Waals surface area contributed by atoms with Crippen molar-refractivity contribution in [2.45, 2.75) is 45.3 Å². The molecule has 3 aromatic rings. The molecule has 3 rings (SSSR count). The first-order chi connectivity index (χ1) is 13.9. The Labute approximate surface area is 173 Å². The molecule has 0 saturated carbocycles. The third kappa shape index (κ3) is 4.95. The number of anilines is 1. The van der Waals surface area contributed by atoms with Gasteiger partial charge in [0.25, 0.3) is 5.91 Å². The fourth-order valence-electron chi connectivity index (χ4n) is 2.70. The second-order valence-corrected chi connectivity index (χ2v) is 7.75. The second-order valence-electron chi connectivity index (χ2n) is 6.80. The minimum Gasteiger partial charge on any atom is -0.443 e. The molecule has 0 bridgehead atoms. The number of nitrogens with one attached hydrogen (secondary N) is 2. The molecule has 2 amide bonds. The average molecular weight is 413 g/mol. The molecule has 0 unspecified atom stereocenters. The van der Waals surface area contributed by atoms with Gasteiger partial charge in [-0.15, -0.1) is 0 Å². The Morgan fingerprint density at radius 3 is 2.59 bits per heavy atom. The topological polar surface area (TPSA) is 97.1 Å². The van der Waals surface area contributed by atoms with Crippen molar-refractivity contribution in [1.29, 1.82) is 0 Å². The highest BCUT2D eigenvalue weighted by atomic mass is 32.2. The van der Waals surface area contributed by atoms with Crippen molar-refractivity contribution in [3.63, 3.8) is 0 Å². The van der Waals surface area contributed by atoms with Crippen molar-refractivity contribution in [2.75, 3.05) is 11.1 Å².